The van der Waals surface area contributed by atoms with Crippen molar-refractivity contribution in [2.45, 2.75) is 6.42 Å². The molecular formula is C12H10O. The fourth-order valence-electron chi connectivity index (χ4n) is 1.48. The molecule has 0 spiro atoms. The molecule has 1 aromatic carbocycles. The lowest BCUT2D eigenvalue weighted by molar-refractivity contribution is -0.104. The average Bonchev–Trinajstić information content (AvgIpc) is 2.38. The molecule has 0 unspecified atom stereocenters. The van der Waals surface area contributed by atoms with E-state index >= 15 is 0 Å². The van der Waals surface area contributed by atoms with Gasteiger partial charge in [-0.05, 0) is 23.6 Å². The zero-order valence-corrected chi connectivity index (χ0v) is 7.23. The van der Waals surface area contributed by atoms with Gasteiger partial charge in [-0.3, -0.25) is 4.79 Å². The Kier molecular flexibility index (Phi) is 2.09. The van der Waals surface area contributed by atoms with Crippen molar-refractivity contribution in [3.05, 3.63) is 53.1 Å². The maximum absolute atomic E-state index is 10.6. The largest absolute Gasteiger partial charge is 0.298 e. The summed E-state index contributed by atoms with van der Waals surface area (Å²) in [6, 6.07) is 8.13. The Labute approximate surface area is 77.4 Å². The summed E-state index contributed by atoms with van der Waals surface area (Å²) in [6.07, 6.45) is 7.60. The van der Waals surface area contributed by atoms with Crippen LogP contribution in [0.1, 0.15) is 11.1 Å². The molecule has 0 bridgehead atoms. The van der Waals surface area contributed by atoms with Crippen LogP contribution in [0.15, 0.2) is 42.0 Å². The number of fused-ring (bicyclic) bond motifs is 1. The predicted octanol–water partition coefficient (Wildman–Crippen LogP) is 2.38. The minimum Gasteiger partial charge on any atom is -0.298 e. The summed E-state index contributed by atoms with van der Waals surface area (Å²) in [5.41, 5.74) is 3.16. The van der Waals surface area contributed by atoms with Gasteiger partial charge in [-0.15, -0.1) is 0 Å². The van der Waals surface area contributed by atoms with Gasteiger partial charge in [0.15, 0.2) is 0 Å². The standard InChI is InChI=1S/C12H10O/c13-9-10-4-3-7-11-5-1-2-6-12(11)8-10/h1-6,8-9H,7H2. The molecule has 1 aromatic rings. The summed E-state index contributed by atoms with van der Waals surface area (Å²) in [7, 11) is 0. The number of allylic oxidation sites excluding steroid dienone is 3. The Morgan fingerprint density at radius 3 is 2.92 bits per heavy atom. The number of hydrogen-bond donors (Lipinski definition) is 0. The molecule has 64 valence electrons. The van der Waals surface area contributed by atoms with Crippen LogP contribution in [0.4, 0.5) is 0 Å². The zero-order valence-electron chi connectivity index (χ0n) is 7.23. The van der Waals surface area contributed by atoms with Crippen LogP contribution in [0, 0.1) is 0 Å². The van der Waals surface area contributed by atoms with E-state index in [1.165, 1.54) is 5.56 Å². The number of carbonyl (C=O) groups excluding carboxylic acids is 1. The van der Waals surface area contributed by atoms with Crippen LogP contribution in [0.2, 0.25) is 0 Å². The van der Waals surface area contributed by atoms with Gasteiger partial charge >= 0.3 is 0 Å². The summed E-state index contributed by atoms with van der Waals surface area (Å²) < 4.78 is 0. The van der Waals surface area contributed by atoms with Crippen LogP contribution < -0.4 is 0 Å². The van der Waals surface area contributed by atoms with Crippen LogP contribution in [0.3, 0.4) is 0 Å². The van der Waals surface area contributed by atoms with E-state index in [1.54, 1.807) is 0 Å². The highest BCUT2D eigenvalue weighted by Gasteiger charge is 2.01. The van der Waals surface area contributed by atoms with Crippen molar-refractivity contribution < 1.29 is 4.79 Å². The fourth-order valence-corrected chi connectivity index (χ4v) is 1.48. The number of rotatable bonds is 1. The fraction of sp³-hybridized carbons (Fsp3) is 0.0833. The monoisotopic (exact) mass is 170 g/mol. The molecule has 1 nitrogen and oxygen atoms in total. The first-order valence-electron chi connectivity index (χ1n) is 4.31. The van der Waals surface area contributed by atoms with E-state index in [9.17, 15) is 4.79 Å². The highest BCUT2D eigenvalue weighted by Crippen LogP contribution is 2.17. The lowest BCUT2D eigenvalue weighted by Crippen LogP contribution is -1.84. The maximum atomic E-state index is 10.6. The van der Waals surface area contributed by atoms with Crippen molar-refractivity contribution in [3.63, 3.8) is 0 Å². The van der Waals surface area contributed by atoms with E-state index in [4.69, 9.17) is 0 Å². The van der Waals surface area contributed by atoms with Crippen molar-refractivity contribution >= 4 is 12.4 Å². The zero-order chi connectivity index (χ0) is 9.10. The molecule has 0 amide bonds. The normalized spacial score (nSPS) is 14.3. The molecular weight excluding hydrogens is 160 g/mol. The third-order valence-electron chi connectivity index (χ3n) is 2.16. The SMILES string of the molecule is O=CC1=Cc2ccccc2CC=C1. The van der Waals surface area contributed by atoms with Gasteiger partial charge in [0.05, 0.1) is 0 Å². The van der Waals surface area contributed by atoms with Crippen LogP contribution in [-0.4, -0.2) is 6.29 Å². The van der Waals surface area contributed by atoms with Gasteiger partial charge in [0.1, 0.15) is 6.29 Å². The van der Waals surface area contributed by atoms with Gasteiger partial charge < -0.3 is 0 Å². The summed E-state index contributed by atoms with van der Waals surface area (Å²) in [5, 5.41) is 0. The lowest BCUT2D eigenvalue weighted by Gasteiger charge is -1.99. The molecule has 0 heterocycles. The van der Waals surface area contributed by atoms with E-state index in [2.05, 4.69) is 6.07 Å². The van der Waals surface area contributed by atoms with Gasteiger partial charge in [-0.2, -0.15) is 0 Å². The molecule has 0 atom stereocenters. The van der Waals surface area contributed by atoms with Crippen LogP contribution >= 0.6 is 0 Å². The second-order valence-corrected chi connectivity index (χ2v) is 3.07. The Morgan fingerprint density at radius 1 is 1.23 bits per heavy atom. The van der Waals surface area contributed by atoms with Gasteiger partial charge in [0.25, 0.3) is 0 Å². The molecule has 0 N–H and O–H groups in total. The minimum atomic E-state index is 0.741. The Morgan fingerprint density at radius 2 is 2.08 bits per heavy atom. The molecule has 0 aliphatic heterocycles. The molecule has 13 heavy (non-hydrogen) atoms. The molecule has 1 aliphatic rings. The van der Waals surface area contributed by atoms with Gasteiger partial charge in [0.2, 0.25) is 0 Å². The van der Waals surface area contributed by atoms with E-state index in [-0.39, 0.29) is 0 Å². The second-order valence-electron chi connectivity index (χ2n) is 3.07. The maximum Gasteiger partial charge on any atom is 0.150 e. The van der Waals surface area contributed by atoms with E-state index < -0.39 is 0 Å². The van der Waals surface area contributed by atoms with Crippen LogP contribution in [-0.2, 0) is 11.2 Å². The molecule has 0 radical (unpaired) electrons. The van der Waals surface area contributed by atoms with Gasteiger partial charge in [0, 0.05) is 5.57 Å². The number of carbonyl (C=O) groups is 1. The predicted molar refractivity (Wildman–Crippen MR) is 53.3 cm³/mol. The topological polar surface area (TPSA) is 17.1 Å². The minimum absolute atomic E-state index is 0.741. The summed E-state index contributed by atoms with van der Waals surface area (Å²) in [5.74, 6) is 0. The Bertz CT molecular complexity index is 386. The van der Waals surface area contributed by atoms with Crippen molar-refractivity contribution in [2.24, 2.45) is 0 Å². The highest BCUT2D eigenvalue weighted by atomic mass is 16.1. The first kappa shape index (κ1) is 7.99. The summed E-state index contributed by atoms with van der Waals surface area (Å²) in [4.78, 5) is 10.6. The van der Waals surface area contributed by atoms with Gasteiger partial charge in [-0.1, -0.05) is 36.4 Å². The average molecular weight is 170 g/mol. The van der Waals surface area contributed by atoms with Crippen molar-refractivity contribution in [3.8, 4) is 0 Å². The molecule has 1 heteroatoms. The Balaban J connectivity index is 2.53. The molecule has 0 aromatic heterocycles. The van der Waals surface area contributed by atoms with Crippen LogP contribution in [0.5, 0.6) is 0 Å². The first-order valence-corrected chi connectivity index (χ1v) is 4.31. The number of hydrogen-bond acceptors (Lipinski definition) is 1. The first-order chi connectivity index (χ1) is 6.40. The third-order valence-corrected chi connectivity index (χ3v) is 2.16. The van der Waals surface area contributed by atoms with Crippen molar-refractivity contribution in [1.82, 2.24) is 0 Å². The highest BCUT2D eigenvalue weighted by molar-refractivity contribution is 5.86. The third kappa shape index (κ3) is 1.59. The smallest absolute Gasteiger partial charge is 0.150 e. The van der Waals surface area contributed by atoms with E-state index in [0.29, 0.717) is 0 Å². The van der Waals surface area contributed by atoms with Crippen molar-refractivity contribution in [2.75, 3.05) is 0 Å². The molecule has 0 saturated heterocycles. The number of aldehydes is 1. The number of benzene rings is 1. The molecule has 2 rings (SSSR count). The molecule has 0 fully saturated rings. The molecule has 1 aliphatic carbocycles. The summed E-state index contributed by atoms with van der Waals surface area (Å²) in [6.45, 7) is 0. The Hall–Kier alpha value is -1.63. The van der Waals surface area contributed by atoms with Crippen LogP contribution in [0.25, 0.3) is 6.08 Å². The summed E-state index contributed by atoms with van der Waals surface area (Å²) >= 11 is 0. The molecule has 0 saturated carbocycles. The van der Waals surface area contributed by atoms with Crippen molar-refractivity contribution in [1.29, 1.82) is 0 Å². The second kappa shape index (κ2) is 3.40. The quantitative estimate of drug-likeness (QED) is 0.591. The van der Waals surface area contributed by atoms with E-state index in [1.807, 2.05) is 36.4 Å². The lowest BCUT2D eigenvalue weighted by atomic mass is 10.1. The van der Waals surface area contributed by atoms with E-state index in [0.717, 1.165) is 23.8 Å². The van der Waals surface area contributed by atoms with Gasteiger partial charge in [-0.25, -0.2) is 0 Å².